The van der Waals surface area contributed by atoms with Gasteiger partial charge in [-0.2, -0.15) is 0 Å². The molecule has 118 valence electrons. The van der Waals surface area contributed by atoms with Crippen molar-refractivity contribution in [1.82, 2.24) is 9.88 Å². The monoisotopic (exact) mass is 298 g/mol. The summed E-state index contributed by atoms with van der Waals surface area (Å²) in [4.78, 5) is 18.1. The van der Waals surface area contributed by atoms with E-state index in [2.05, 4.69) is 9.88 Å². The second-order valence-corrected chi connectivity index (χ2v) is 6.38. The number of nitrogens with one attached hydrogen (secondary N) is 1. The Balaban J connectivity index is 1.41. The summed E-state index contributed by atoms with van der Waals surface area (Å²) in [6.45, 7) is 3.75. The highest BCUT2D eigenvalue weighted by atomic mass is 16.1. The lowest BCUT2D eigenvalue weighted by molar-refractivity contribution is 0.0980. The summed E-state index contributed by atoms with van der Waals surface area (Å²) in [7, 11) is 0. The number of rotatable bonds is 7. The first-order valence-corrected chi connectivity index (χ1v) is 8.66. The smallest absolute Gasteiger partial charge is 0.165 e. The van der Waals surface area contributed by atoms with Crippen LogP contribution in [0.5, 0.6) is 0 Å². The summed E-state index contributed by atoms with van der Waals surface area (Å²) in [5.74, 6) is 0.274. The second-order valence-electron chi connectivity index (χ2n) is 6.38. The number of aromatic amines is 1. The molecule has 0 spiro atoms. The highest BCUT2D eigenvalue weighted by Crippen LogP contribution is 2.20. The van der Waals surface area contributed by atoms with Gasteiger partial charge < -0.3 is 9.88 Å². The predicted octanol–water partition coefficient (Wildman–Crippen LogP) is 4.40. The summed E-state index contributed by atoms with van der Waals surface area (Å²) < 4.78 is 0. The van der Waals surface area contributed by atoms with Gasteiger partial charge in [-0.15, -0.1) is 0 Å². The zero-order valence-corrected chi connectivity index (χ0v) is 13.3. The molecule has 0 unspecified atom stereocenters. The maximum absolute atomic E-state index is 12.4. The number of para-hydroxylation sites is 1. The normalized spacial score (nSPS) is 16.2. The molecule has 1 aromatic heterocycles. The molecule has 3 nitrogen and oxygen atoms in total. The van der Waals surface area contributed by atoms with E-state index in [4.69, 9.17) is 0 Å². The first-order chi connectivity index (χ1) is 10.8. The number of Topliss-reactive ketones (excluding diaryl/α,β-unsaturated/α-hetero) is 1. The number of carbonyl (C=O) groups is 1. The molecule has 0 bridgehead atoms. The number of ketones is 1. The third kappa shape index (κ3) is 3.77. The lowest BCUT2D eigenvalue weighted by Gasteiger charge is -2.26. The molecule has 0 aliphatic carbocycles. The largest absolute Gasteiger partial charge is 0.360 e. The van der Waals surface area contributed by atoms with Crippen LogP contribution in [0.1, 0.15) is 55.3 Å². The van der Waals surface area contributed by atoms with Crippen molar-refractivity contribution in [3.63, 3.8) is 0 Å². The fourth-order valence-electron chi connectivity index (χ4n) is 3.42. The summed E-state index contributed by atoms with van der Waals surface area (Å²) in [5.41, 5.74) is 1.91. The molecule has 2 heterocycles. The minimum Gasteiger partial charge on any atom is -0.360 e. The molecule has 0 radical (unpaired) electrons. The maximum Gasteiger partial charge on any atom is 0.165 e. The van der Waals surface area contributed by atoms with Crippen LogP contribution < -0.4 is 0 Å². The van der Waals surface area contributed by atoms with Crippen molar-refractivity contribution in [3.8, 4) is 0 Å². The second kappa shape index (κ2) is 7.59. The molecule has 3 heteroatoms. The van der Waals surface area contributed by atoms with Gasteiger partial charge in [0.05, 0.1) is 0 Å². The lowest BCUT2D eigenvalue weighted by atomic mass is 10.0. The van der Waals surface area contributed by atoms with Crippen molar-refractivity contribution in [2.75, 3.05) is 19.6 Å². The van der Waals surface area contributed by atoms with Crippen LogP contribution in [0.4, 0.5) is 0 Å². The molecule has 1 fully saturated rings. The summed E-state index contributed by atoms with van der Waals surface area (Å²) in [6.07, 6.45) is 10.0. The van der Waals surface area contributed by atoms with E-state index in [0.29, 0.717) is 6.42 Å². The Morgan fingerprint density at radius 2 is 1.86 bits per heavy atom. The van der Waals surface area contributed by atoms with Crippen LogP contribution in [0, 0.1) is 0 Å². The molecule has 0 amide bonds. The molecular formula is C19H26N2O. The number of fused-ring (bicyclic) bond motifs is 1. The predicted molar refractivity (Wildman–Crippen MR) is 91.4 cm³/mol. The third-order valence-electron chi connectivity index (χ3n) is 4.72. The fraction of sp³-hybridized carbons (Fsp3) is 0.526. The van der Waals surface area contributed by atoms with Crippen molar-refractivity contribution >= 4 is 16.7 Å². The molecular weight excluding hydrogens is 272 g/mol. The molecule has 1 aliphatic heterocycles. The number of hydrogen-bond donors (Lipinski definition) is 1. The van der Waals surface area contributed by atoms with Gasteiger partial charge in [0.15, 0.2) is 5.78 Å². The van der Waals surface area contributed by atoms with Gasteiger partial charge in [-0.05, 0) is 51.4 Å². The summed E-state index contributed by atoms with van der Waals surface area (Å²) >= 11 is 0. The van der Waals surface area contributed by atoms with Gasteiger partial charge in [-0.1, -0.05) is 31.0 Å². The zero-order valence-electron chi connectivity index (χ0n) is 13.3. The van der Waals surface area contributed by atoms with Crippen molar-refractivity contribution in [2.24, 2.45) is 0 Å². The first-order valence-electron chi connectivity index (χ1n) is 8.66. The van der Waals surface area contributed by atoms with Crippen LogP contribution in [-0.2, 0) is 0 Å². The van der Waals surface area contributed by atoms with Crippen LogP contribution in [0.15, 0.2) is 30.5 Å². The third-order valence-corrected chi connectivity index (χ3v) is 4.72. The number of H-pyrrole nitrogens is 1. The number of hydrogen-bond acceptors (Lipinski definition) is 2. The van der Waals surface area contributed by atoms with Gasteiger partial charge in [0.1, 0.15) is 0 Å². The van der Waals surface area contributed by atoms with E-state index in [1.54, 1.807) is 0 Å². The quantitative estimate of drug-likeness (QED) is 0.607. The number of aromatic nitrogens is 1. The van der Waals surface area contributed by atoms with E-state index >= 15 is 0 Å². The maximum atomic E-state index is 12.4. The summed E-state index contributed by atoms with van der Waals surface area (Å²) in [6, 6.07) is 8.03. The molecule has 1 aromatic carbocycles. The number of likely N-dealkylation sites (tertiary alicyclic amines) is 1. The Labute approximate surface area is 132 Å². The van der Waals surface area contributed by atoms with E-state index in [-0.39, 0.29) is 5.78 Å². The van der Waals surface area contributed by atoms with Crippen LogP contribution in [0.3, 0.4) is 0 Å². The van der Waals surface area contributed by atoms with Crippen molar-refractivity contribution in [3.05, 3.63) is 36.0 Å². The Kier molecular flexibility index (Phi) is 5.28. The van der Waals surface area contributed by atoms with Crippen LogP contribution in [-0.4, -0.2) is 35.3 Å². The van der Waals surface area contributed by atoms with E-state index in [1.165, 1.54) is 45.3 Å². The first kappa shape index (κ1) is 15.3. The number of unbranched alkanes of at least 4 members (excludes halogenated alkanes) is 2. The Morgan fingerprint density at radius 1 is 1.05 bits per heavy atom. The molecule has 22 heavy (non-hydrogen) atoms. The lowest BCUT2D eigenvalue weighted by Crippen LogP contribution is -2.30. The average Bonchev–Trinajstić information content (AvgIpc) is 2.99. The number of piperidine rings is 1. The van der Waals surface area contributed by atoms with E-state index in [9.17, 15) is 4.79 Å². The van der Waals surface area contributed by atoms with Crippen molar-refractivity contribution < 1.29 is 4.79 Å². The van der Waals surface area contributed by atoms with E-state index in [0.717, 1.165) is 29.3 Å². The van der Waals surface area contributed by atoms with E-state index in [1.807, 2.05) is 30.5 Å². The van der Waals surface area contributed by atoms with Crippen molar-refractivity contribution in [2.45, 2.75) is 44.9 Å². The van der Waals surface area contributed by atoms with Gasteiger partial charge in [0.25, 0.3) is 0 Å². The molecule has 1 N–H and O–H groups in total. The average molecular weight is 298 g/mol. The highest BCUT2D eigenvalue weighted by Gasteiger charge is 2.12. The van der Waals surface area contributed by atoms with Crippen LogP contribution >= 0.6 is 0 Å². The van der Waals surface area contributed by atoms with Gasteiger partial charge in [0.2, 0.25) is 0 Å². The Hall–Kier alpha value is -1.61. The molecule has 1 aliphatic rings. The zero-order chi connectivity index (χ0) is 15.2. The molecule has 0 saturated carbocycles. The van der Waals surface area contributed by atoms with Gasteiger partial charge in [-0.3, -0.25) is 4.79 Å². The number of carbonyl (C=O) groups excluding carboxylic acids is 1. The van der Waals surface area contributed by atoms with Crippen molar-refractivity contribution in [1.29, 1.82) is 0 Å². The molecule has 2 aromatic rings. The fourth-order valence-corrected chi connectivity index (χ4v) is 3.42. The van der Waals surface area contributed by atoms with Crippen LogP contribution in [0.2, 0.25) is 0 Å². The molecule has 3 rings (SSSR count). The highest BCUT2D eigenvalue weighted by molar-refractivity contribution is 6.07. The van der Waals surface area contributed by atoms with Crippen LogP contribution in [0.25, 0.3) is 10.9 Å². The van der Waals surface area contributed by atoms with Gasteiger partial charge >= 0.3 is 0 Å². The Morgan fingerprint density at radius 3 is 2.73 bits per heavy atom. The van der Waals surface area contributed by atoms with Gasteiger partial charge in [0, 0.05) is 29.1 Å². The van der Waals surface area contributed by atoms with Gasteiger partial charge in [-0.25, -0.2) is 0 Å². The minimum atomic E-state index is 0.274. The number of nitrogens with zero attached hydrogens (tertiary/aromatic N) is 1. The molecule has 1 saturated heterocycles. The SMILES string of the molecule is O=C(CCCCCN1CCCCC1)c1c[nH]c2ccccc12. The summed E-state index contributed by atoms with van der Waals surface area (Å²) in [5, 5.41) is 1.06. The Bertz CT molecular complexity index is 611. The standard InChI is InChI=1S/C19H26N2O/c22-19(17-15-20-18-10-5-4-9-16(17)18)11-3-1-6-12-21-13-7-2-8-14-21/h4-5,9-10,15,20H,1-3,6-8,11-14H2. The minimum absolute atomic E-state index is 0.274. The van der Waals surface area contributed by atoms with E-state index < -0.39 is 0 Å². The molecule has 0 atom stereocenters. The number of benzene rings is 1. The topological polar surface area (TPSA) is 36.1 Å².